The van der Waals surface area contributed by atoms with Crippen molar-refractivity contribution in [2.75, 3.05) is 6.54 Å². The van der Waals surface area contributed by atoms with Crippen molar-refractivity contribution < 1.29 is 9.53 Å². The molecule has 0 bridgehead atoms. The number of nitrogens with one attached hydrogen (secondary N) is 1. The number of amides is 1. The normalized spacial score (nSPS) is 18.2. The van der Waals surface area contributed by atoms with E-state index in [4.69, 9.17) is 10.5 Å². The summed E-state index contributed by atoms with van der Waals surface area (Å²) in [7, 11) is 0. The van der Waals surface area contributed by atoms with Crippen LogP contribution in [-0.4, -0.2) is 18.6 Å². The zero-order valence-corrected chi connectivity index (χ0v) is 13.9. The lowest BCUT2D eigenvalue weighted by Crippen LogP contribution is -2.44. The van der Waals surface area contributed by atoms with Crippen LogP contribution in [-0.2, 0) is 4.79 Å². The van der Waals surface area contributed by atoms with Crippen molar-refractivity contribution in [2.24, 2.45) is 11.1 Å². The van der Waals surface area contributed by atoms with E-state index in [1.54, 1.807) is 0 Å². The summed E-state index contributed by atoms with van der Waals surface area (Å²) < 4.78 is 5.72. The average Bonchev–Trinajstić information content (AvgIpc) is 2.97. The van der Waals surface area contributed by atoms with Gasteiger partial charge in [0.1, 0.15) is 5.75 Å². The molecule has 1 aromatic rings. The second-order valence-corrected chi connectivity index (χ2v) is 6.63. The van der Waals surface area contributed by atoms with Crippen LogP contribution in [0.4, 0.5) is 0 Å². The highest BCUT2D eigenvalue weighted by molar-refractivity contribution is 5.83. The second kappa shape index (κ2) is 7.14. The van der Waals surface area contributed by atoms with Crippen molar-refractivity contribution >= 4 is 5.91 Å². The number of hydrogen-bond donors (Lipinski definition) is 2. The van der Waals surface area contributed by atoms with Gasteiger partial charge in [0, 0.05) is 6.54 Å². The maximum absolute atomic E-state index is 12.6. The molecule has 22 heavy (non-hydrogen) atoms. The summed E-state index contributed by atoms with van der Waals surface area (Å²) in [5.74, 6) is 0.929. The fourth-order valence-corrected chi connectivity index (χ4v) is 3.14. The van der Waals surface area contributed by atoms with E-state index in [2.05, 4.69) is 5.32 Å². The van der Waals surface area contributed by atoms with Crippen molar-refractivity contribution in [3.63, 3.8) is 0 Å². The number of ether oxygens (including phenoxy) is 1. The van der Waals surface area contributed by atoms with Gasteiger partial charge in [-0.2, -0.15) is 0 Å². The number of carbonyl (C=O) groups excluding carboxylic acids is 1. The van der Waals surface area contributed by atoms with Gasteiger partial charge >= 0.3 is 0 Å². The SMILES string of the molecule is CC(C)Oc1cccc(C(C)NC(=O)C2(CN)CCCC2)c1. The molecule has 0 aliphatic heterocycles. The summed E-state index contributed by atoms with van der Waals surface area (Å²) in [6, 6.07) is 7.86. The van der Waals surface area contributed by atoms with E-state index in [9.17, 15) is 4.79 Å². The van der Waals surface area contributed by atoms with Gasteiger partial charge in [0.25, 0.3) is 0 Å². The van der Waals surface area contributed by atoms with Gasteiger partial charge in [0.2, 0.25) is 5.91 Å². The van der Waals surface area contributed by atoms with Crippen LogP contribution in [0.25, 0.3) is 0 Å². The van der Waals surface area contributed by atoms with Crippen molar-refractivity contribution in [3.05, 3.63) is 29.8 Å². The Balaban J connectivity index is 2.05. The minimum Gasteiger partial charge on any atom is -0.491 e. The molecule has 1 unspecified atom stereocenters. The first-order valence-electron chi connectivity index (χ1n) is 8.24. The van der Waals surface area contributed by atoms with Crippen LogP contribution < -0.4 is 15.8 Å². The summed E-state index contributed by atoms with van der Waals surface area (Å²) >= 11 is 0. The molecule has 1 atom stereocenters. The quantitative estimate of drug-likeness (QED) is 0.848. The molecule has 1 aromatic carbocycles. The lowest BCUT2D eigenvalue weighted by Gasteiger charge is -2.28. The average molecular weight is 304 g/mol. The predicted octanol–water partition coefficient (Wildman–Crippen LogP) is 3.17. The highest BCUT2D eigenvalue weighted by atomic mass is 16.5. The summed E-state index contributed by atoms with van der Waals surface area (Å²) in [5, 5.41) is 3.14. The van der Waals surface area contributed by atoms with Crippen molar-refractivity contribution in [3.8, 4) is 5.75 Å². The third-order valence-electron chi connectivity index (χ3n) is 4.51. The summed E-state index contributed by atoms with van der Waals surface area (Å²) in [4.78, 5) is 12.6. The molecule has 0 saturated heterocycles. The van der Waals surface area contributed by atoms with Gasteiger partial charge in [0.05, 0.1) is 17.6 Å². The largest absolute Gasteiger partial charge is 0.491 e. The van der Waals surface area contributed by atoms with Crippen LogP contribution >= 0.6 is 0 Å². The Kier molecular flexibility index (Phi) is 5.46. The predicted molar refractivity (Wildman–Crippen MR) is 88.7 cm³/mol. The fourth-order valence-electron chi connectivity index (χ4n) is 3.14. The monoisotopic (exact) mass is 304 g/mol. The second-order valence-electron chi connectivity index (χ2n) is 6.63. The van der Waals surface area contributed by atoms with E-state index in [-0.39, 0.29) is 23.5 Å². The van der Waals surface area contributed by atoms with Crippen molar-refractivity contribution in [1.82, 2.24) is 5.32 Å². The summed E-state index contributed by atoms with van der Waals surface area (Å²) in [6.45, 7) is 6.44. The molecular formula is C18H28N2O2. The third-order valence-corrected chi connectivity index (χ3v) is 4.51. The standard InChI is InChI=1S/C18H28N2O2/c1-13(2)22-16-8-6-7-15(11-16)14(3)20-17(21)18(12-19)9-4-5-10-18/h6-8,11,13-14H,4-5,9-10,12,19H2,1-3H3,(H,20,21). The molecule has 4 heteroatoms. The van der Waals surface area contributed by atoms with E-state index in [0.29, 0.717) is 6.54 Å². The zero-order valence-electron chi connectivity index (χ0n) is 13.9. The van der Waals surface area contributed by atoms with E-state index in [1.807, 2.05) is 45.0 Å². The van der Waals surface area contributed by atoms with Gasteiger partial charge < -0.3 is 15.8 Å². The summed E-state index contributed by atoms with van der Waals surface area (Å²) in [5.41, 5.74) is 6.57. The molecular weight excluding hydrogens is 276 g/mol. The Morgan fingerprint density at radius 2 is 2.00 bits per heavy atom. The van der Waals surface area contributed by atoms with Crippen LogP contribution in [0.1, 0.15) is 58.1 Å². The highest BCUT2D eigenvalue weighted by Crippen LogP contribution is 2.37. The number of rotatable bonds is 6. The molecule has 0 aromatic heterocycles. The molecule has 2 rings (SSSR count). The molecule has 1 fully saturated rings. The van der Waals surface area contributed by atoms with Gasteiger partial charge in [-0.1, -0.05) is 25.0 Å². The van der Waals surface area contributed by atoms with Gasteiger partial charge in [-0.25, -0.2) is 0 Å². The first-order valence-corrected chi connectivity index (χ1v) is 8.24. The van der Waals surface area contributed by atoms with Gasteiger partial charge in [-0.3, -0.25) is 4.79 Å². The Morgan fingerprint density at radius 1 is 1.32 bits per heavy atom. The van der Waals surface area contributed by atoms with Gasteiger partial charge in [-0.15, -0.1) is 0 Å². The number of carbonyl (C=O) groups is 1. The van der Waals surface area contributed by atoms with Gasteiger partial charge in [0.15, 0.2) is 0 Å². The molecule has 1 saturated carbocycles. The van der Waals surface area contributed by atoms with Crippen LogP contribution in [0.2, 0.25) is 0 Å². The maximum atomic E-state index is 12.6. The van der Waals surface area contributed by atoms with Crippen LogP contribution in [0.3, 0.4) is 0 Å². The van der Waals surface area contributed by atoms with Crippen molar-refractivity contribution in [1.29, 1.82) is 0 Å². The highest BCUT2D eigenvalue weighted by Gasteiger charge is 2.40. The Morgan fingerprint density at radius 3 is 2.59 bits per heavy atom. The van der Waals surface area contributed by atoms with E-state index >= 15 is 0 Å². The minimum absolute atomic E-state index is 0.0489. The number of nitrogens with two attached hydrogens (primary N) is 1. The third kappa shape index (κ3) is 3.80. The Labute approximate surface area is 133 Å². The first kappa shape index (κ1) is 16.8. The number of hydrogen-bond acceptors (Lipinski definition) is 3. The minimum atomic E-state index is -0.361. The van der Waals surface area contributed by atoms with E-state index < -0.39 is 0 Å². The lowest BCUT2D eigenvalue weighted by molar-refractivity contribution is -0.131. The molecule has 0 spiro atoms. The summed E-state index contributed by atoms with van der Waals surface area (Å²) in [6.07, 6.45) is 4.13. The topological polar surface area (TPSA) is 64.3 Å². The first-order chi connectivity index (χ1) is 10.5. The molecule has 122 valence electrons. The zero-order chi connectivity index (χ0) is 16.2. The molecule has 1 aliphatic carbocycles. The van der Waals surface area contributed by atoms with Crippen molar-refractivity contribution in [2.45, 2.75) is 58.6 Å². The molecule has 0 heterocycles. The Bertz CT molecular complexity index is 508. The number of benzene rings is 1. The molecule has 3 N–H and O–H groups in total. The maximum Gasteiger partial charge on any atom is 0.227 e. The van der Waals surface area contributed by atoms with Crippen LogP contribution in [0.5, 0.6) is 5.75 Å². The van der Waals surface area contributed by atoms with E-state index in [0.717, 1.165) is 37.0 Å². The molecule has 1 amide bonds. The fraction of sp³-hybridized carbons (Fsp3) is 0.611. The van der Waals surface area contributed by atoms with E-state index in [1.165, 1.54) is 0 Å². The molecule has 4 nitrogen and oxygen atoms in total. The lowest BCUT2D eigenvalue weighted by atomic mass is 9.85. The van der Waals surface area contributed by atoms with Gasteiger partial charge in [-0.05, 0) is 51.3 Å². The Hall–Kier alpha value is -1.55. The molecule has 0 radical (unpaired) electrons. The molecule has 1 aliphatic rings. The van der Waals surface area contributed by atoms with Crippen LogP contribution in [0.15, 0.2) is 24.3 Å². The van der Waals surface area contributed by atoms with Crippen LogP contribution in [0, 0.1) is 5.41 Å². The smallest absolute Gasteiger partial charge is 0.227 e.